The molecule has 3 heterocycles. The second kappa shape index (κ2) is 11.6. The number of thiazole rings is 1. The summed E-state index contributed by atoms with van der Waals surface area (Å²) in [6, 6.07) is 14.5. The number of nitro groups is 1. The van der Waals surface area contributed by atoms with Gasteiger partial charge in [0, 0.05) is 23.8 Å². The molecule has 0 unspecified atom stereocenters. The molecule has 216 valence electrons. The Balaban J connectivity index is 1.60. The molecule has 0 saturated carbocycles. The number of furan rings is 1. The summed E-state index contributed by atoms with van der Waals surface area (Å²) < 4.78 is 19.0. The molecule has 2 aromatic carbocycles. The van der Waals surface area contributed by atoms with Crippen LogP contribution in [0.2, 0.25) is 0 Å². The van der Waals surface area contributed by atoms with E-state index in [9.17, 15) is 19.7 Å². The molecular formula is C31H29N3O7S. The van der Waals surface area contributed by atoms with E-state index in [2.05, 4.69) is 4.99 Å². The van der Waals surface area contributed by atoms with Crippen LogP contribution in [0.25, 0.3) is 17.4 Å². The minimum atomic E-state index is -0.754. The van der Waals surface area contributed by atoms with Gasteiger partial charge in [-0.2, -0.15) is 0 Å². The third kappa shape index (κ3) is 5.55. The molecule has 0 radical (unpaired) electrons. The Kier molecular flexibility index (Phi) is 7.95. The van der Waals surface area contributed by atoms with Gasteiger partial charge >= 0.3 is 5.97 Å². The highest BCUT2D eigenvalue weighted by molar-refractivity contribution is 7.07. The van der Waals surface area contributed by atoms with E-state index in [4.69, 9.17) is 13.9 Å². The zero-order valence-electron chi connectivity index (χ0n) is 23.7. The largest absolute Gasteiger partial charge is 0.491 e. The molecule has 0 bridgehead atoms. The van der Waals surface area contributed by atoms with Crippen LogP contribution in [0.4, 0.5) is 5.69 Å². The maximum absolute atomic E-state index is 13.9. The maximum Gasteiger partial charge on any atom is 0.338 e. The highest BCUT2D eigenvalue weighted by atomic mass is 32.1. The van der Waals surface area contributed by atoms with Gasteiger partial charge in [-0.05, 0) is 70.0 Å². The van der Waals surface area contributed by atoms with Crippen molar-refractivity contribution in [3.05, 3.63) is 113 Å². The van der Waals surface area contributed by atoms with Crippen LogP contribution in [0.5, 0.6) is 5.75 Å². The zero-order chi connectivity index (χ0) is 30.1. The zero-order valence-corrected chi connectivity index (χ0v) is 24.6. The van der Waals surface area contributed by atoms with Crippen molar-refractivity contribution in [1.29, 1.82) is 0 Å². The van der Waals surface area contributed by atoms with E-state index in [1.165, 1.54) is 28.0 Å². The van der Waals surface area contributed by atoms with Gasteiger partial charge in [0.25, 0.3) is 11.2 Å². The first kappa shape index (κ1) is 28.7. The number of aromatic nitrogens is 1. The summed E-state index contributed by atoms with van der Waals surface area (Å²) in [4.78, 5) is 42.8. The van der Waals surface area contributed by atoms with Crippen molar-refractivity contribution < 1.29 is 23.6 Å². The van der Waals surface area contributed by atoms with Crippen molar-refractivity contribution in [1.82, 2.24) is 4.57 Å². The number of hydrogen-bond donors (Lipinski definition) is 0. The minimum Gasteiger partial charge on any atom is -0.491 e. The van der Waals surface area contributed by atoms with Gasteiger partial charge in [-0.15, -0.1) is 0 Å². The summed E-state index contributed by atoms with van der Waals surface area (Å²) in [6.07, 6.45) is 1.61. The van der Waals surface area contributed by atoms with Crippen molar-refractivity contribution in [3.63, 3.8) is 0 Å². The first-order valence-corrected chi connectivity index (χ1v) is 14.2. The smallest absolute Gasteiger partial charge is 0.338 e. The second-order valence-corrected chi connectivity index (χ2v) is 11.0. The molecule has 2 aromatic heterocycles. The third-order valence-electron chi connectivity index (χ3n) is 6.68. The number of ether oxygens (including phenoxy) is 2. The molecule has 0 N–H and O–H groups in total. The van der Waals surface area contributed by atoms with Gasteiger partial charge in [-0.25, -0.2) is 9.79 Å². The predicted octanol–water partition coefficient (Wildman–Crippen LogP) is 5.06. The van der Waals surface area contributed by atoms with Gasteiger partial charge in [0.15, 0.2) is 4.80 Å². The molecule has 0 amide bonds. The van der Waals surface area contributed by atoms with Crippen molar-refractivity contribution in [3.8, 4) is 17.1 Å². The van der Waals surface area contributed by atoms with E-state index in [0.29, 0.717) is 43.4 Å². The minimum absolute atomic E-state index is 0.00575. The quantitative estimate of drug-likeness (QED) is 0.160. The lowest BCUT2D eigenvalue weighted by atomic mass is 9.96. The molecule has 0 spiro atoms. The molecule has 1 aliphatic rings. The van der Waals surface area contributed by atoms with Gasteiger partial charge in [0.1, 0.15) is 17.3 Å². The molecular weight excluding hydrogens is 558 g/mol. The van der Waals surface area contributed by atoms with E-state index in [1.54, 1.807) is 38.1 Å². The van der Waals surface area contributed by atoms with Gasteiger partial charge in [-0.3, -0.25) is 19.5 Å². The molecule has 11 heteroatoms. The number of carbonyl (C=O) groups excluding carboxylic acids is 1. The van der Waals surface area contributed by atoms with Crippen LogP contribution in [0.15, 0.2) is 80.1 Å². The average molecular weight is 588 g/mol. The van der Waals surface area contributed by atoms with Crippen LogP contribution in [0.1, 0.15) is 50.6 Å². The molecule has 0 fully saturated rings. The molecule has 1 atom stereocenters. The summed E-state index contributed by atoms with van der Waals surface area (Å²) in [6.45, 7) is 9.34. The number of non-ortho nitro benzene ring substituents is 1. The predicted molar refractivity (Wildman–Crippen MR) is 158 cm³/mol. The van der Waals surface area contributed by atoms with Crippen LogP contribution in [-0.4, -0.2) is 28.2 Å². The number of fused-ring (bicyclic) bond motifs is 1. The summed E-state index contributed by atoms with van der Waals surface area (Å²) in [5, 5.41) is 11.3. The van der Waals surface area contributed by atoms with Crippen LogP contribution >= 0.6 is 11.3 Å². The number of rotatable bonds is 8. The molecule has 0 aliphatic carbocycles. The molecule has 10 nitrogen and oxygen atoms in total. The monoisotopic (exact) mass is 587 g/mol. The van der Waals surface area contributed by atoms with Crippen LogP contribution < -0.4 is 19.6 Å². The fourth-order valence-corrected chi connectivity index (χ4v) is 5.83. The normalized spacial score (nSPS) is 15.0. The Bertz CT molecular complexity index is 1900. The van der Waals surface area contributed by atoms with Gasteiger partial charge in [0.05, 0.1) is 39.5 Å². The fourth-order valence-electron chi connectivity index (χ4n) is 4.80. The number of nitro benzene ring substituents is 1. The van der Waals surface area contributed by atoms with Gasteiger partial charge < -0.3 is 13.9 Å². The Morgan fingerprint density at radius 3 is 2.57 bits per heavy atom. The summed E-state index contributed by atoms with van der Waals surface area (Å²) >= 11 is 1.18. The van der Waals surface area contributed by atoms with Crippen molar-refractivity contribution in [2.24, 2.45) is 4.99 Å². The maximum atomic E-state index is 13.9. The Hall–Kier alpha value is -4.77. The number of nitrogens with zero attached hydrogens (tertiary/aromatic N) is 3. The topological polar surface area (TPSA) is 126 Å². The Morgan fingerprint density at radius 2 is 1.90 bits per heavy atom. The van der Waals surface area contributed by atoms with E-state index in [-0.39, 0.29) is 29.5 Å². The lowest BCUT2D eigenvalue weighted by Gasteiger charge is -2.25. The Morgan fingerprint density at radius 1 is 1.17 bits per heavy atom. The highest BCUT2D eigenvalue weighted by Gasteiger charge is 2.33. The lowest BCUT2D eigenvalue weighted by Crippen LogP contribution is -2.39. The van der Waals surface area contributed by atoms with Crippen molar-refractivity contribution in [2.45, 2.75) is 46.8 Å². The standard InChI is InChI=1S/C31H29N3O7S/c1-6-39-30(36)27-19(5)32-31-33(28(27)20-8-11-22(12-9-20)40-17(2)3)29(35)26(42-31)16-23-13-14-25(41-23)24-15-21(34(37)38)10-7-18(24)4/h7-17,28H,6H2,1-5H3/b26-16-/t28-/m1/s1. The average Bonchev–Trinajstić information content (AvgIpc) is 3.52. The SMILES string of the molecule is CCOC(=O)C1=C(C)N=c2s/c(=C\c3ccc(-c4cc([N+](=O)[O-])ccc4C)o3)c(=O)n2[C@@H]1c1ccc(OC(C)C)cc1. The summed E-state index contributed by atoms with van der Waals surface area (Å²) in [5.74, 6) is 0.974. The number of allylic oxidation sites excluding steroid dienone is 1. The molecule has 42 heavy (non-hydrogen) atoms. The number of benzene rings is 2. The van der Waals surface area contributed by atoms with Crippen LogP contribution in [-0.2, 0) is 9.53 Å². The van der Waals surface area contributed by atoms with Crippen molar-refractivity contribution >= 4 is 29.1 Å². The summed E-state index contributed by atoms with van der Waals surface area (Å²) in [5.41, 5.74) is 2.48. The van der Waals surface area contributed by atoms with E-state index in [1.807, 2.05) is 45.0 Å². The van der Waals surface area contributed by atoms with Crippen LogP contribution in [0, 0.1) is 17.0 Å². The van der Waals surface area contributed by atoms with Gasteiger partial charge in [-0.1, -0.05) is 29.5 Å². The van der Waals surface area contributed by atoms with Gasteiger partial charge in [0.2, 0.25) is 0 Å². The van der Waals surface area contributed by atoms with E-state index in [0.717, 1.165) is 5.56 Å². The molecule has 0 saturated heterocycles. The lowest BCUT2D eigenvalue weighted by molar-refractivity contribution is -0.384. The number of esters is 1. The number of aryl methyl sites for hydroxylation is 1. The number of carbonyl (C=O) groups is 1. The van der Waals surface area contributed by atoms with E-state index >= 15 is 0 Å². The second-order valence-electron chi connectivity index (χ2n) is 10.00. The summed E-state index contributed by atoms with van der Waals surface area (Å²) in [7, 11) is 0. The van der Waals surface area contributed by atoms with E-state index < -0.39 is 16.9 Å². The molecule has 1 aliphatic heterocycles. The van der Waals surface area contributed by atoms with Crippen LogP contribution in [0.3, 0.4) is 0 Å². The fraction of sp³-hybridized carbons (Fsp3) is 0.258. The number of hydrogen-bond acceptors (Lipinski definition) is 9. The highest BCUT2D eigenvalue weighted by Crippen LogP contribution is 2.32. The van der Waals surface area contributed by atoms with Crippen molar-refractivity contribution in [2.75, 3.05) is 6.61 Å². The molecule has 5 rings (SSSR count). The first-order valence-electron chi connectivity index (χ1n) is 13.4. The third-order valence-corrected chi connectivity index (χ3v) is 7.67. The first-order chi connectivity index (χ1) is 20.1. The molecule has 4 aromatic rings. The Labute approximate surface area is 245 Å².